The molecule has 0 unspecified atom stereocenters. The molecule has 0 spiro atoms. The number of aryl methyl sites for hydroxylation is 1. The molecule has 0 N–H and O–H groups in total. The van der Waals surface area contributed by atoms with Crippen LogP contribution in [0.15, 0.2) is 30.9 Å². The molecule has 3 aromatic heterocycles. The number of hydrogen-bond donors (Lipinski definition) is 0. The van der Waals surface area contributed by atoms with Gasteiger partial charge in [-0.15, -0.1) is 0 Å². The van der Waals surface area contributed by atoms with Gasteiger partial charge in [0.1, 0.15) is 5.52 Å². The average Bonchev–Trinajstić information content (AvgIpc) is 3.43. The number of piperidine rings is 1. The van der Waals surface area contributed by atoms with E-state index in [2.05, 4.69) is 38.7 Å². The first-order chi connectivity index (χ1) is 15.5. The quantitative estimate of drug-likeness (QED) is 0.608. The van der Waals surface area contributed by atoms with Crippen molar-refractivity contribution in [1.29, 1.82) is 0 Å². The average molecular weight is 437 g/mol. The Morgan fingerprint density at radius 2 is 1.91 bits per heavy atom. The lowest BCUT2D eigenvalue weighted by Crippen LogP contribution is -2.54. The van der Waals surface area contributed by atoms with Crippen LogP contribution in [0.5, 0.6) is 0 Å². The molecule has 2 aliphatic rings. The Morgan fingerprint density at radius 1 is 1.09 bits per heavy atom. The van der Waals surface area contributed by atoms with E-state index in [0.29, 0.717) is 18.5 Å². The molecule has 5 rings (SSSR count). The molecule has 5 heterocycles. The summed E-state index contributed by atoms with van der Waals surface area (Å²) in [5.74, 6) is 1.80. The molecule has 32 heavy (non-hydrogen) atoms. The van der Waals surface area contributed by atoms with E-state index in [4.69, 9.17) is 4.98 Å². The number of carbonyl (C=O) groups is 1. The predicted molar refractivity (Wildman–Crippen MR) is 123 cm³/mol. The van der Waals surface area contributed by atoms with E-state index in [-0.39, 0.29) is 5.91 Å². The second-order valence-electron chi connectivity index (χ2n) is 9.35. The molecule has 9 nitrogen and oxygen atoms in total. The van der Waals surface area contributed by atoms with Crippen molar-refractivity contribution in [3.63, 3.8) is 0 Å². The summed E-state index contributed by atoms with van der Waals surface area (Å²) in [6.45, 7) is 9.46. The highest BCUT2D eigenvalue weighted by molar-refractivity contribution is 5.79. The van der Waals surface area contributed by atoms with E-state index in [0.717, 1.165) is 68.2 Å². The van der Waals surface area contributed by atoms with Gasteiger partial charge in [0, 0.05) is 57.6 Å². The Hall–Kier alpha value is -2.94. The zero-order valence-electron chi connectivity index (χ0n) is 19.2. The van der Waals surface area contributed by atoms with Gasteiger partial charge < -0.3 is 9.80 Å². The molecule has 0 atom stereocenters. The van der Waals surface area contributed by atoms with Crippen LogP contribution in [0.2, 0.25) is 0 Å². The van der Waals surface area contributed by atoms with E-state index in [1.807, 2.05) is 42.4 Å². The van der Waals surface area contributed by atoms with Gasteiger partial charge in [0.25, 0.3) is 0 Å². The number of piperazine rings is 1. The van der Waals surface area contributed by atoms with Crippen molar-refractivity contribution in [3.05, 3.63) is 30.9 Å². The molecule has 3 aromatic rings. The largest absolute Gasteiger partial charge is 0.355 e. The highest BCUT2D eigenvalue weighted by atomic mass is 16.2. The summed E-state index contributed by atoms with van der Waals surface area (Å²) in [5, 5.41) is 8.75. The van der Waals surface area contributed by atoms with Gasteiger partial charge in [0.2, 0.25) is 5.91 Å². The van der Waals surface area contributed by atoms with Crippen LogP contribution in [0.25, 0.3) is 16.8 Å². The maximum absolute atomic E-state index is 12.6. The number of rotatable bonds is 5. The Labute approximate surface area is 188 Å². The lowest BCUT2D eigenvalue weighted by Gasteiger charge is -2.40. The van der Waals surface area contributed by atoms with E-state index in [1.165, 1.54) is 0 Å². The lowest BCUT2D eigenvalue weighted by atomic mass is 9.95. The van der Waals surface area contributed by atoms with E-state index >= 15 is 0 Å². The topological polar surface area (TPSA) is 74.8 Å². The maximum Gasteiger partial charge on any atom is 0.236 e. The highest BCUT2D eigenvalue weighted by Crippen LogP contribution is 2.29. The number of aromatic nitrogens is 5. The summed E-state index contributed by atoms with van der Waals surface area (Å²) in [5.41, 5.74) is 2.89. The van der Waals surface area contributed by atoms with Crippen molar-refractivity contribution in [3.8, 4) is 11.3 Å². The molecule has 0 saturated carbocycles. The molecule has 0 aliphatic carbocycles. The second kappa shape index (κ2) is 8.54. The first kappa shape index (κ1) is 20.9. The fourth-order valence-corrected chi connectivity index (χ4v) is 4.84. The third kappa shape index (κ3) is 4.09. The summed E-state index contributed by atoms with van der Waals surface area (Å²) >= 11 is 0. The van der Waals surface area contributed by atoms with Gasteiger partial charge in [0.05, 0.1) is 30.8 Å². The van der Waals surface area contributed by atoms with Crippen LogP contribution in [0.4, 0.5) is 5.82 Å². The van der Waals surface area contributed by atoms with Gasteiger partial charge in [-0.05, 0) is 38.7 Å². The zero-order chi connectivity index (χ0) is 22.2. The lowest BCUT2D eigenvalue weighted by molar-refractivity contribution is -0.137. The molecular formula is C23H32N8O. The minimum absolute atomic E-state index is 0.277. The van der Waals surface area contributed by atoms with Crippen LogP contribution in [0.3, 0.4) is 0 Å². The van der Waals surface area contributed by atoms with Crippen LogP contribution < -0.4 is 4.90 Å². The van der Waals surface area contributed by atoms with Gasteiger partial charge in [-0.25, -0.2) is 9.50 Å². The molecule has 2 saturated heterocycles. The summed E-state index contributed by atoms with van der Waals surface area (Å²) in [6.07, 6.45) is 9.73. The minimum atomic E-state index is 0.277. The van der Waals surface area contributed by atoms with E-state index < -0.39 is 0 Å². The van der Waals surface area contributed by atoms with Gasteiger partial charge >= 0.3 is 0 Å². The van der Waals surface area contributed by atoms with Crippen LogP contribution in [-0.2, 0) is 11.8 Å². The molecule has 1 amide bonds. The summed E-state index contributed by atoms with van der Waals surface area (Å²) in [4.78, 5) is 24.3. The van der Waals surface area contributed by atoms with Crippen LogP contribution in [-0.4, -0.2) is 85.4 Å². The zero-order valence-corrected chi connectivity index (χ0v) is 19.2. The van der Waals surface area contributed by atoms with Gasteiger partial charge in [0.15, 0.2) is 5.82 Å². The molecule has 0 bridgehead atoms. The van der Waals surface area contributed by atoms with Gasteiger partial charge in [-0.2, -0.15) is 10.2 Å². The van der Waals surface area contributed by atoms with Crippen molar-refractivity contribution in [1.82, 2.24) is 34.2 Å². The van der Waals surface area contributed by atoms with Crippen LogP contribution in [0.1, 0.15) is 26.7 Å². The molecule has 2 aliphatic heterocycles. The summed E-state index contributed by atoms with van der Waals surface area (Å²) < 4.78 is 3.70. The van der Waals surface area contributed by atoms with E-state index in [1.54, 1.807) is 4.68 Å². The van der Waals surface area contributed by atoms with Crippen molar-refractivity contribution in [2.75, 3.05) is 44.2 Å². The highest BCUT2D eigenvalue weighted by Gasteiger charge is 2.29. The molecule has 0 aromatic carbocycles. The Morgan fingerprint density at radius 3 is 2.59 bits per heavy atom. The molecule has 0 radical (unpaired) electrons. The fraction of sp³-hybridized carbons (Fsp3) is 0.565. The van der Waals surface area contributed by atoms with Crippen molar-refractivity contribution in [2.45, 2.75) is 32.7 Å². The van der Waals surface area contributed by atoms with Gasteiger partial charge in [-0.1, -0.05) is 0 Å². The SMILES string of the molecule is CC(C)N1CCN(CC2CCN(c3nc(-c4cnn(C)c4)cn4nccc34)CC2)C(=O)C1. The number of fused-ring (bicyclic) bond motifs is 1. The molecule has 9 heteroatoms. The number of hydrogen-bond acceptors (Lipinski definition) is 6. The molecule has 170 valence electrons. The van der Waals surface area contributed by atoms with Crippen molar-refractivity contribution >= 4 is 17.2 Å². The fourth-order valence-electron chi connectivity index (χ4n) is 4.84. The number of anilines is 1. The Balaban J connectivity index is 1.26. The van der Waals surface area contributed by atoms with E-state index in [9.17, 15) is 4.79 Å². The predicted octanol–water partition coefficient (Wildman–Crippen LogP) is 1.90. The Kier molecular flexibility index (Phi) is 5.58. The number of carbonyl (C=O) groups excluding carboxylic acids is 1. The number of amides is 1. The third-order valence-corrected chi connectivity index (χ3v) is 6.84. The third-order valence-electron chi connectivity index (χ3n) is 6.84. The van der Waals surface area contributed by atoms with Crippen molar-refractivity contribution in [2.24, 2.45) is 13.0 Å². The number of nitrogens with zero attached hydrogens (tertiary/aromatic N) is 8. The standard InChI is InChI=1S/C23H32N8O/c1-17(2)29-10-11-30(22(32)16-29)13-18-5-8-28(9-6-18)23-21-4-7-24-31(21)15-20(26-23)19-12-25-27(3)14-19/h4,7,12,14-15,17-18H,5-6,8-11,13,16H2,1-3H3. The van der Waals surface area contributed by atoms with Gasteiger partial charge in [-0.3, -0.25) is 14.4 Å². The smallest absolute Gasteiger partial charge is 0.236 e. The second-order valence-corrected chi connectivity index (χ2v) is 9.35. The first-order valence-corrected chi connectivity index (χ1v) is 11.6. The molecular weight excluding hydrogens is 404 g/mol. The molecule has 2 fully saturated rings. The van der Waals surface area contributed by atoms with Crippen molar-refractivity contribution < 1.29 is 4.79 Å². The summed E-state index contributed by atoms with van der Waals surface area (Å²) in [7, 11) is 1.91. The summed E-state index contributed by atoms with van der Waals surface area (Å²) in [6, 6.07) is 2.45. The normalized spacial score (nSPS) is 18.9. The maximum atomic E-state index is 12.6. The van der Waals surface area contributed by atoms with Crippen LogP contribution >= 0.6 is 0 Å². The monoisotopic (exact) mass is 436 g/mol. The van der Waals surface area contributed by atoms with Crippen LogP contribution in [0, 0.1) is 5.92 Å². The minimum Gasteiger partial charge on any atom is -0.355 e. The Bertz CT molecular complexity index is 1090. The first-order valence-electron chi connectivity index (χ1n) is 11.6.